The van der Waals surface area contributed by atoms with Gasteiger partial charge >= 0.3 is 5.69 Å². The molecule has 5 aromatic rings. The standard InChI is InChI=1S/C25H20N4O4/c1-2-32-19-11-8-17(9-12-19)22-27-23(33-28-22)18-10-13-20-21(14-18)26-25(31)29(24(20)30)15-16-6-4-3-5-7-16/h3-14H,2,15H2,1H3,(H,26,31). The maximum absolute atomic E-state index is 12.9. The van der Waals surface area contributed by atoms with Crippen molar-refractivity contribution >= 4 is 10.9 Å². The van der Waals surface area contributed by atoms with Crippen LogP contribution in [-0.2, 0) is 6.54 Å². The van der Waals surface area contributed by atoms with Crippen LogP contribution in [0.5, 0.6) is 5.75 Å². The molecule has 1 N–H and O–H groups in total. The Morgan fingerprint density at radius 1 is 0.970 bits per heavy atom. The van der Waals surface area contributed by atoms with Crippen LogP contribution in [-0.4, -0.2) is 26.3 Å². The van der Waals surface area contributed by atoms with Gasteiger partial charge in [0.2, 0.25) is 5.82 Å². The molecule has 8 nitrogen and oxygen atoms in total. The number of nitrogens with zero attached hydrogens (tertiary/aromatic N) is 3. The van der Waals surface area contributed by atoms with Crippen LogP contribution in [0.15, 0.2) is 86.9 Å². The minimum atomic E-state index is -0.478. The van der Waals surface area contributed by atoms with Gasteiger partial charge in [0.05, 0.1) is 24.1 Å². The van der Waals surface area contributed by atoms with Crippen molar-refractivity contribution in [3.8, 4) is 28.6 Å². The molecule has 2 heterocycles. The van der Waals surface area contributed by atoms with E-state index in [1.807, 2.05) is 61.5 Å². The third-order valence-electron chi connectivity index (χ3n) is 5.26. The van der Waals surface area contributed by atoms with Crippen LogP contribution in [0.1, 0.15) is 12.5 Å². The number of fused-ring (bicyclic) bond motifs is 1. The van der Waals surface area contributed by atoms with Crippen LogP contribution < -0.4 is 16.0 Å². The number of rotatable bonds is 6. The summed E-state index contributed by atoms with van der Waals surface area (Å²) in [7, 11) is 0. The Bertz CT molecular complexity index is 1530. The molecular weight excluding hydrogens is 420 g/mol. The Kier molecular flexibility index (Phi) is 5.32. The normalized spacial score (nSPS) is 11.1. The van der Waals surface area contributed by atoms with Gasteiger partial charge in [-0.3, -0.25) is 9.36 Å². The van der Waals surface area contributed by atoms with Gasteiger partial charge in [0.1, 0.15) is 5.75 Å². The number of aromatic nitrogens is 4. The molecule has 8 heteroatoms. The molecule has 0 atom stereocenters. The van der Waals surface area contributed by atoms with Crippen molar-refractivity contribution in [1.82, 2.24) is 19.7 Å². The SMILES string of the molecule is CCOc1ccc(-c2noc(-c3ccc4c(=O)n(Cc5ccccc5)c(=O)[nH]c4c3)n2)cc1. The lowest BCUT2D eigenvalue weighted by Gasteiger charge is -2.07. The molecule has 0 aliphatic carbocycles. The summed E-state index contributed by atoms with van der Waals surface area (Å²) in [6.07, 6.45) is 0. The summed E-state index contributed by atoms with van der Waals surface area (Å²) in [4.78, 5) is 32.8. The average molecular weight is 440 g/mol. The number of nitrogens with one attached hydrogen (secondary N) is 1. The van der Waals surface area contributed by atoms with Crippen molar-refractivity contribution in [2.45, 2.75) is 13.5 Å². The minimum Gasteiger partial charge on any atom is -0.494 e. The number of hydrogen-bond donors (Lipinski definition) is 1. The molecule has 0 fully saturated rings. The summed E-state index contributed by atoms with van der Waals surface area (Å²) in [5.41, 5.74) is 1.83. The Hall–Kier alpha value is -4.46. The van der Waals surface area contributed by atoms with E-state index in [2.05, 4.69) is 15.1 Å². The highest BCUT2D eigenvalue weighted by molar-refractivity contribution is 5.82. The van der Waals surface area contributed by atoms with Crippen molar-refractivity contribution in [2.24, 2.45) is 0 Å². The average Bonchev–Trinajstić information content (AvgIpc) is 3.33. The molecule has 0 aliphatic heterocycles. The van der Waals surface area contributed by atoms with E-state index < -0.39 is 5.69 Å². The maximum atomic E-state index is 12.9. The van der Waals surface area contributed by atoms with E-state index in [0.717, 1.165) is 16.9 Å². The minimum absolute atomic E-state index is 0.196. The van der Waals surface area contributed by atoms with Gasteiger partial charge < -0.3 is 14.2 Å². The van der Waals surface area contributed by atoms with Gasteiger partial charge in [-0.15, -0.1) is 0 Å². The molecule has 5 rings (SSSR count). The molecule has 0 unspecified atom stereocenters. The van der Waals surface area contributed by atoms with Crippen molar-refractivity contribution < 1.29 is 9.26 Å². The van der Waals surface area contributed by atoms with Crippen molar-refractivity contribution in [3.05, 3.63) is 99.2 Å². The van der Waals surface area contributed by atoms with E-state index in [0.29, 0.717) is 28.9 Å². The second kappa shape index (κ2) is 8.58. The molecule has 0 saturated carbocycles. The van der Waals surface area contributed by atoms with Crippen LogP contribution >= 0.6 is 0 Å². The molecular formula is C25H20N4O4. The van der Waals surface area contributed by atoms with Crippen molar-refractivity contribution in [3.63, 3.8) is 0 Å². The first-order valence-electron chi connectivity index (χ1n) is 10.5. The van der Waals surface area contributed by atoms with Gasteiger partial charge in [0.25, 0.3) is 11.4 Å². The molecule has 0 amide bonds. The van der Waals surface area contributed by atoms with Gasteiger partial charge in [-0.1, -0.05) is 35.5 Å². The number of H-pyrrole nitrogens is 1. The quantitative estimate of drug-likeness (QED) is 0.430. The lowest BCUT2D eigenvalue weighted by atomic mass is 10.1. The Morgan fingerprint density at radius 2 is 1.73 bits per heavy atom. The zero-order valence-electron chi connectivity index (χ0n) is 17.8. The molecule has 0 saturated heterocycles. The third-order valence-corrected chi connectivity index (χ3v) is 5.26. The van der Waals surface area contributed by atoms with E-state index in [9.17, 15) is 9.59 Å². The van der Waals surface area contributed by atoms with Gasteiger partial charge in [-0.05, 0) is 55.0 Å². The first-order valence-corrected chi connectivity index (χ1v) is 10.5. The molecule has 0 radical (unpaired) electrons. The first-order chi connectivity index (χ1) is 16.1. The highest BCUT2D eigenvalue weighted by Gasteiger charge is 2.14. The molecule has 164 valence electrons. The van der Waals surface area contributed by atoms with Crippen molar-refractivity contribution in [1.29, 1.82) is 0 Å². The second-order valence-corrected chi connectivity index (χ2v) is 7.45. The molecule has 0 bridgehead atoms. The summed E-state index contributed by atoms with van der Waals surface area (Å²) in [5, 5.41) is 4.45. The van der Waals surface area contributed by atoms with Crippen LogP contribution in [0, 0.1) is 0 Å². The highest BCUT2D eigenvalue weighted by atomic mass is 16.5. The van der Waals surface area contributed by atoms with E-state index in [1.54, 1.807) is 18.2 Å². The molecule has 3 aromatic carbocycles. The predicted octanol–water partition coefficient (Wildman–Crippen LogP) is 3.85. The van der Waals surface area contributed by atoms with Crippen LogP contribution in [0.25, 0.3) is 33.7 Å². The van der Waals surface area contributed by atoms with E-state index in [-0.39, 0.29) is 18.0 Å². The lowest BCUT2D eigenvalue weighted by molar-refractivity contribution is 0.340. The zero-order valence-corrected chi connectivity index (χ0v) is 17.8. The number of hydrogen-bond acceptors (Lipinski definition) is 6. The fourth-order valence-corrected chi connectivity index (χ4v) is 3.62. The zero-order chi connectivity index (χ0) is 22.8. The molecule has 0 spiro atoms. The summed E-state index contributed by atoms with van der Waals surface area (Å²) in [6.45, 7) is 2.71. The lowest BCUT2D eigenvalue weighted by Crippen LogP contribution is -2.35. The Balaban J connectivity index is 1.47. The Labute approximate surface area is 188 Å². The number of benzene rings is 3. The number of aromatic amines is 1. The predicted molar refractivity (Wildman–Crippen MR) is 124 cm³/mol. The van der Waals surface area contributed by atoms with E-state index in [4.69, 9.17) is 9.26 Å². The van der Waals surface area contributed by atoms with E-state index in [1.165, 1.54) is 4.57 Å². The molecule has 33 heavy (non-hydrogen) atoms. The molecule has 0 aliphatic rings. The fraction of sp³-hybridized carbons (Fsp3) is 0.120. The largest absolute Gasteiger partial charge is 0.494 e. The number of ether oxygens (including phenoxy) is 1. The van der Waals surface area contributed by atoms with Crippen LogP contribution in [0.4, 0.5) is 0 Å². The van der Waals surface area contributed by atoms with Gasteiger partial charge in [0.15, 0.2) is 0 Å². The van der Waals surface area contributed by atoms with Crippen LogP contribution in [0.2, 0.25) is 0 Å². The fourth-order valence-electron chi connectivity index (χ4n) is 3.62. The Morgan fingerprint density at radius 3 is 2.48 bits per heavy atom. The van der Waals surface area contributed by atoms with Gasteiger partial charge in [-0.2, -0.15) is 4.98 Å². The van der Waals surface area contributed by atoms with Crippen molar-refractivity contribution in [2.75, 3.05) is 6.61 Å². The highest BCUT2D eigenvalue weighted by Crippen LogP contribution is 2.25. The summed E-state index contributed by atoms with van der Waals surface area (Å²) in [6, 6.07) is 21.8. The second-order valence-electron chi connectivity index (χ2n) is 7.45. The topological polar surface area (TPSA) is 103 Å². The third kappa shape index (κ3) is 4.06. The summed E-state index contributed by atoms with van der Waals surface area (Å²) in [5.74, 6) is 1.48. The maximum Gasteiger partial charge on any atom is 0.329 e. The summed E-state index contributed by atoms with van der Waals surface area (Å²) < 4.78 is 12.1. The van der Waals surface area contributed by atoms with Gasteiger partial charge in [0, 0.05) is 11.1 Å². The molecule has 2 aromatic heterocycles. The van der Waals surface area contributed by atoms with E-state index >= 15 is 0 Å². The monoisotopic (exact) mass is 440 g/mol. The summed E-state index contributed by atoms with van der Waals surface area (Å²) >= 11 is 0. The smallest absolute Gasteiger partial charge is 0.329 e. The van der Waals surface area contributed by atoms with Crippen LogP contribution in [0.3, 0.4) is 0 Å². The van der Waals surface area contributed by atoms with Gasteiger partial charge in [-0.25, -0.2) is 4.79 Å². The first kappa shape index (κ1) is 20.4.